The van der Waals surface area contributed by atoms with Gasteiger partial charge >= 0.3 is 0 Å². The van der Waals surface area contributed by atoms with E-state index >= 15 is 0 Å². The zero-order valence-corrected chi connectivity index (χ0v) is 15.2. The smallest absolute Gasteiger partial charge is 0.288 e. The lowest BCUT2D eigenvalue weighted by Crippen LogP contribution is -2.49. The van der Waals surface area contributed by atoms with E-state index < -0.39 is 11.4 Å². The number of hydrogen-bond donors (Lipinski definition) is 1. The molecule has 2 aromatic heterocycles. The van der Waals surface area contributed by atoms with Gasteiger partial charge in [-0.05, 0) is 12.8 Å². The van der Waals surface area contributed by atoms with Gasteiger partial charge in [-0.15, -0.1) is 11.3 Å². The molecule has 0 aliphatic carbocycles. The number of H-pyrrole nitrogens is 1. The average molecular weight is 365 g/mol. The molecule has 1 aliphatic rings. The molecule has 2 aromatic rings. The van der Waals surface area contributed by atoms with Crippen LogP contribution in [-0.4, -0.2) is 51.9 Å². The van der Waals surface area contributed by atoms with Crippen molar-refractivity contribution in [2.24, 2.45) is 0 Å². The van der Waals surface area contributed by atoms with E-state index in [1.807, 2.05) is 11.8 Å². The first kappa shape index (κ1) is 17.5. The number of anilines is 1. The molecule has 0 unspecified atom stereocenters. The molecule has 0 aromatic carbocycles. The van der Waals surface area contributed by atoms with Gasteiger partial charge in [-0.2, -0.15) is 4.39 Å². The van der Waals surface area contributed by atoms with Gasteiger partial charge in [0.2, 0.25) is 11.8 Å². The summed E-state index contributed by atoms with van der Waals surface area (Å²) in [5.74, 6) is -0.675. The van der Waals surface area contributed by atoms with Crippen molar-refractivity contribution in [2.45, 2.75) is 26.7 Å². The van der Waals surface area contributed by atoms with E-state index in [4.69, 9.17) is 0 Å². The monoisotopic (exact) mass is 365 g/mol. The molecule has 25 heavy (non-hydrogen) atoms. The quantitative estimate of drug-likeness (QED) is 0.896. The van der Waals surface area contributed by atoms with Crippen molar-refractivity contribution in [1.82, 2.24) is 19.9 Å². The summed E-state index contributed by atoms with van der Waals surface area (Å²) in [6.45, 7) is 7.47. The number of piperazine rings is 1. The number of hydrogen-bond acceptors (Lipinski definition) is 6. The molecular formula is C16H20FN5O2S. The minimum atomic E-state index is -0.826. The van der Waals surface area contributed by atoms with E-state index in [2.05, 4.69) is 15.0 Å². The van der Waals surface area contributed by atoms with Crippen LogP contribution in [0.25, 0.3) is 0 Å². The van der Waals surface area contributed by atoms with Crippen LogP contribution >= 0.6 is 11.3 Å². The Morgan fingerprint density at radius 3 is 2.56 bits per heavy atom. The molecule has 0 saturated carbocycles. The third-order valence-corrected chi connectivity index (χ3v) is 5.15. The van der Waals surface area contributed by atoms with Crippen molar-refractivity contribution < 1.29 is 9.18 Å². The molecular weight excluding hydrogens is 345 g/mol. The maximum atomic E-state index is 13.9. The standard InChI is InChI=1S/C16H20FN5O2S/c1-9(2)12-11(17)14(23)20-16(19-12)22-6-4-21(5-7-22)15(24)13-10(3)18-8-25-13/h8-9H,4-7H2,1-3H3,(H,19,20,23). The Morgan fingerprint density at radius 2 is 2.00 bits per heavy atom. The maximum absolute atomic E-state index is 13.9. The normalized spacial score (nSPS) is 15.1. The third-order valence-electron chi connectivity index (χ3n) is 4.23. The summed E-state index contributed by atoms with van der Waals surface area (Å²) in [6, 6.07) is 0. The average Bonchev–Trinajstić information content (AvgIpc) is 3.02. The minimum absolute atomic E-state index is 0.0249. The lowest BCUT2D eigenvalue weighted by molar-refractivity contribution is 0.0750. The molecule has 1 fully saturated rings. The van der Waals surface area contributed by atoms with Crippen molar-refractivity contribution in [3.05, 3.63) is 37.9 Å². The Kier molecular flexibility index (Phi) is 4.85. The number of aryl methyl sites for hydroxylation is 1. The third kappa shape index (κ3) is 3.41. The van der Waals surface area contributed by atoms with Gasteiger partial charge in [0.1, 0.15) is 4.88 Å². The molecule has 3 rings (SSSR count). The van der Waals surface area contributed by atoms with Crippen LogP contribution in [0.15, 0.2) is 10.3 Å². The number of halogens is 1. The summed E-state index contributed by atoms with van der Waals surface area (Å²) in [5.41, 5.74) is 1.81. The first-order valence-corrected chi connectivity index (χ1v) is 9.00. The Labute approximate surface area is 148 Å². The molecule has 9 heteroatoms. The van der Waals surface area contributed by atoms with Crippen LogP contribution in [0.5, 0.6) is 0 Å². The van der Waals surface area contributed by atoms with Crippen LogP contribution in [0.3, 0.4) is 0 Å². The summed E-state index contributed by atoms with van der Waals surface area (Å²) in [7, 11) is 0. The molecule has 134 valence electrons. The van der Waals surface area contributed by atoms with Gasteiger partial charge in [-0.25, -0.2) is 9.97 Å². The van der Waals surface area contributed by atoms with Crippen LogP contribution in [0.4, 0.5) is 10.3 Å². The summed E-state index contributed by atoms with van der Waals surface area (Å²) in [5, 5.41) is 0. The van der Waals surface area contributed by atoms with E-state index in [9.17, 15) is 14.0 Å². The molecule has 1 amide bonds. The number of carbonyl (C=O) groups excluding carboxylic acids is 1. The molecule has 3 heterocycles. The van der Waals surface area contributed by atoms with Crippen LogP contribution in [0, 0.1) is 12.7 Å². The number of carbonyl (C=O) groups is 1. The number of thiazole rings is 1. The van der Waals surface area contributed by atoms with Gasteiger partial charge < -0.3 is 9.80 Å². The molecule has 0 bridgehead atoms. The van der Waals surface area contributed by atoms with Gasteiger partial charge in [0.25, 0.3) is 11.5 Å². The number of rotatable bonds is 3. The fourth-order valence-electron chi connectivity index (χ4n) is 2.77. The Bertz CT molecular complexity index is 839. The molecule has 0 spiro atoms. The van der Waals surface area contributed by atoms with E-state index in [0.29, 0.717) is 37.0 Å². The van der Waals surface area contributed by atoms with Crippen LogP contribution in [0.1, 0.15) is 40.8 Å². The molecule has 1 aliphatic heterocycles. The van der Waals surface area contributed by atoms with Gasteiger partial charge in [-0.3, -0.25) is 14.6 Å². The first-order chi connectivity index (χ1) is 11.9. The molecule has 1 saturated heterocycles. The SMILES string of the molecule is Cc1ncsc1C(=O)N1CCN(c2nc(C(C)C)c(F)c(=O)[nH]2)CC1. The number of aromatic nitrogens is 3. The van der Waals surface area contributed by atoms with Gasteiger partial charge in [0.05, 0.1) is 16.9 Å². The Morgan fingerprint density at radius 1 is 1.32 bits per heavy atom. The molecule has 1 N–H and O–H groups in total. The predicted molar refractivity (Wildman–Crippen MR) is 93.9 cm³/mol. The van der Waals surface area contributed by atoms with Crippen LogP contribution in [0.2, 0.25) is 0 Å². The van der Waals surface area contributed by atoms with Crippen molar-refractivity contribution in [2.75, 3.05) is 31.1 Å². The maximum Gasteiger partial charge on any atom is 0.288 e. The van der Waals surface area contributed by atoms with Crippen molar-refractivity contribution in [1.29, 1.82) is 0 Å². The zero-order valence-electron chi connectivity index (χ0n) is 14.4. The molecule has 7 nitrogen and oxygen atoms in total. The van der Waals surface area contributed by atoms with Crippen molar-refractivity contribution >= 4 is 23.2 Å². The van der Waals surface area contributed by atoms with Gasteiger partial charge in [0, 0.05) is 26.2 Å². The second kappa shape index (κ2) is 6.91. The largest absolute Gasteiger partial charge is 0.339 e. The Balaban J connectivity index is 1.74. The number of aromatic amines is 1. The van der Waals surface area contributed by atoms with Crippen molar-refractivity contribution in [3.63, 3.8) is 0 Å². The van der Waals surface area contributed by atoms with E-state index in [1.54, 1.807) is 24.3 Å². The highest BCUT2D eigenvalue weighted by Crippen LogP contribution is 2.19. The fourth-order valence-corrected chi connectivity index (χ4v) is 3.54. The van der Waals surface area contributed by atoms with E-state index in [-0.39, 0.29) is 17.5 Å². The summed E-state index contributed by atoms with van der Waals surface area (Å²) < 4.78 is 13.9. The van der Waals surface area contributed by atoms with Gasteiger partial charge in [-0.1, -0.05) is 13.8 Å². The highest BCUT2D eigenvalue weighted by atomic mass is 32.1. The Hall–Kier alpha value is -2.29. The summed E-state index contributed by atoms with van der Waals surface area (Å²) in [6.07, 6.45) is 0. The number of amides is 1. The van der Waals surface area contributed by atoms with E-state index in [0.717, 1.165) is 5.69 Å². The van der Waals surface area contributed by atoms with Gasteiger partial charge in [0.15, 0.2) is 0 Å². The van der Waals surface area contributed by atoms with E-state index in [1.165, 1.54) is 11.3 Å². The zero-order chi connectivity index (χ0) is 18.1. The predicted octanol–water partition coefficient (Wildman–Crippen LogP) is 1.76. The lowest BCUT2D eigenvalue weighted by Gasteiger charge is -2.35. The van der Waals surface area contributed by atoms with Crippen molar-refractivity contribution in [3.8, 4) is 0 Å². The second-order valence-corrected chi connectivity index (χ2v) is 7.14. The first-order valence-electron chi connectivity index (χ1n) is 8.12. The highest BCUT2D eigenvalue weighted by molar-refractivity contribution is 7.11. The van der Waals surface area contributed by atoms with Crippen LogP contribution < -0.4 is 10.5 Å². The topological polar surface area (TPSA) is 82.2 Å². The number of nitrogens with one attached hydrogen (secondary N) is 1. The lowest BCUT2D eigenvalue weighted by atomic mass is 10.1. The number of nitrogens with zero attached hydrogens (tertiary/aromatic N) is 4. The fraction of sp³-hybridized carbons (Fsp3) is 0.500. The minimum Gasteiger partial charge on any atom is -0.339 e. The highest BCUT2D eigenvalue weighted by Gasteiger charge is 2.26. The van der Waals surface area contributed by atoms with Crippen LogP contribution in [-0.2, 0) is 0 Å². The summed E-state index contributed by atoms with van der Waals surface area (Å²) >= 11 is 1.34. The molecule has 0 atom stereocenters. The second-order valence-electron chi connectivity index (χ2n) is 6.29. The molecule has 0 radical (unpaired) electrons. The summed E-state index contributed by atoms with van der Waals surface area (Å²) in [4.78, 5) is 39.5.